The van der Waals surface area contributed by atoms with Crippen LogP contribution in [-0.2, 0) is 6.54 Å². The van der Waals surface area contributed by atoms with Crippen molar-refractivity contribution in [1.82, 2.24) is 25.6 Å². The zero-order chi connectivity index (χ0) is 16.9. The van der Waals surface area contributed by atoms with Gasteiger partial charge >= 0.3 is 0 Å². The molecule has 1 aliphatic heterocycles. The van der Waals surface area contributed by atoms with Crippen LogP contribution >= 0.6 is 0 Å². The molecule has 7 heteroatoms. The normalized spacial score (nSPS) is 16.8. The molecule has 0 radical (unpaired) electrons. The fraction of sp³-hybridized carbons (Fsp3) is 0.471. The molecule has 1 saturated heterocycles. The van der Waals surface area contributed by atoms with Crippen molar-refractivity contribution in [3.63, 3.8) is 0 Å². The summed E-state index contributed by atoms with van der Waals surface area (Å²) in [5.74, 6) is -0.227. The molecule has 1 aromatic carbocycles. The highest BCUT2D eigenvalue weighted by molar-refractivity contribution is 5.91. The van der Waals surface area contributed by atoms with Gasteiger partial charge in [0.05, 0.1) is 18.3 Å². The second kappa shape index (κ2) is 7.55. The van der Waals surface area contributed by atoms with Crippen molar-refractivity contribution in [2.45, 2.75) is 38.5 Å². The van der Waals surface area contributed by atoms with Gasteiger partial charge in [-0.2, -0.15) is 0 Å². The van der Waals surface area contributed by atoms with Crippen LogP contribution in [0, 0.1) is 0 Å². The number of amides is 1. The van der Waals surface area contributed by atoms with Crippen LogP contribution in [0.15, 0.2) is 30.5 Å². The van der Waals surface area contributed by atoms with Gasteiger partial charge in [-0.05, 0) is 44.0 Å². The molecule has 7 nitrogen and oxygen atoms in total. The Kier molecular flexibility index (Phi) is 5.22. The Bertz CT molecular complexity index is 675. The number of rotatable bonds is 5. The maximum atomic E-state index is 12.2. The summed E-state index contributed by atoms with van der Waals surface area (Å²) in [6.07, 6.45) is 3.24. The van der Waals surface area contributed by atoms with Gasteiger partial charge in [0.25, 0.3) is 5.91 Å². The fourth-order valence-corrected chi connectivity index (χ4v) is 2.82. The molecule has 1 amide bonds. The van der Waals surface area contributed by atoms with Gasteiger partial charge in [0.15, 0.2) is 5.69 Å². The number of nitrogens with zero attached hydrogens (tertiary/aromatic N) is 3. The first-order valence-corrected chi connectivity index (χ1v) is 8.31. The highest BCUT2D eigenvalue weighted by atomic mass is 16.3. The monoisotopic (exact) mass is 329 g/mol. The number of benzene rings is 1. The van der Waals surface area contributed by atoms with Gasteiger partial charge in [0.1, 0.15) is 0 Å². The third kappa shape index (κ3) is 3.98. The van der Waals surface area contributed by atoms with E-state index in [1.807, 2.05) is 24.3 Å². The summed E-state index contributed by atoms with van der Waals surface area (Å²) >= 11 is 0. The molecule has 128 valence electrons. The molecule has 0 aliphatic carbocycles. The summed E-state index contributed by atoms with van der Waals surface area (Å²) < 4.78 is 1.80. The minimum atomic E-state index is -0.487. The molecule has 0 bridgehead atoms. The van der Waals surface area contributed by atoms with Crippen molar-refractivity contribution >= 4 is 5.91 Å². The van der Waals surface area contributed by atoms with Gasteiger partial charge in [-0.25, -0.2) is 4.68 Å². The lowest BCUT2D eigenvalue weighted by molar-refractivity contribution is 0.0945. The highest BCUT2D eigenvalue weighted by Gasteiger charge is 2.18. The minimum Gasteiger partial charge on any atom is -0.389 e. The average molecular weight is 329 g/mol. The van der Waals surface area contributed by atoms with Crippen LogP contribution in [0.5, 0.6) is 0 Å². The number of aromatic nitrogens is 3. The molecule has 2 aromatic rings. The van der Waals surface area contributed by atoms with Crippen molar-refractivity contribution in [2.24, 2.45) is 0 Å². The molecule has 2 heterocycles. The maximum absolute atomic E-state index is 12.2. The van der Waals surface area contributed by atoms with Gasteiger partial charge in [0, 0.05) is 6.54 Å². The van der Waals surface area contributed by atoms with Crippen LogP contribution in [-0.4, -0.2) is 39.1 Å². The van der Waals surface area contributed by atoms with E-state index in [-0.39, 0.29) is 5.91 Å². The molecule has 0 spiro atoms. The molecule has 0 saturated carbocycles. The zero-order valence-corrected chi connectivity index (χ0v) is 13.8. The lowest BCUT2D eigenvalue weighted by atomic mass is 10.1. The van der Waals surface area contributed by atoms with Gasteiger partial charge in [0.2, 0.25) is 0 Å². The van der Waals surface area contributed by atoms with Crippen molar-refractivity contribution in [2.75, 3.05) is 13.1 Å². The van der Waals surface area contributed by atoms with E-state index in [9.17, 15) is 9.90 Å². The summed E-state index contributed by atoms with van der Waals surface area (Å²) in [5, 5.41) is 23.7. The number of aliphatic hydroxyl groups excluding tert-OH is 1. The van der Waals surface area contributed by atoms with E-state index >= 15 is 0 Å². The van der Waals surface area contributed by atoms with Crippen molar-refractivity contribution in [3.8, 4) is 0 Å². The molecule has 1 atom stereocenters. The Morgan fingerprint density at radius 3 is 2.75 bits per heavy atom. The van der Waals surface area contributed by atoms with Gasteiger partial charge in [-0.3, -0.25) is 4.79 Å². The van der Waals surface area contributed by atoms with Crippen LogP contribution in [0.3, 0.4) is 0 Å². The molecule has 3 rings (SSSR count). The second-order valence-corrected chi connectivity index (χ2v) is 6.17. The van der Waals surface area contributed by atoms with Crippen LogP contribution in [0.25, 0.3) is 0 Å². The molecule has 1 aromatic heterocycles. The van der Waals surface area contributed by atoms with Crippen LogP contribution in [0.2, 0.25) is 0 Å². The Labute approximate surface area is 141 Å². The SMILES string of the molecule is C[C@@H](O)c1ccc(CNC(=O)c2cn(C3CCNCC3)nn2)cc1. The van der Waals surface area contributed by atoms with E-state index in [1.165, 1.54) is 0 Å². The van der Waals surface area contributed by atoms with E-state index in [2.05, 4.69) is 20.9 Å². The number of carbonyl (C=O) groups excluding carboxylic acids is 1. The third-order valence-electron chi connectivity index (χ3n) is 4.34. The van der Waals surface area contributed by atoms with E-state index in [0.29, 0.717) is 18.3 Å². The maximum Gasteiger partial charge on any atom is 0.273 e. The number of hydrogen-bond donors (Lipinski definition) is 3. The van der Waals surface area contributed by atoms with Gasteiger partial charge < -0.3 is 15.7 Å². The zero-order valence-electron chi connectivity index (χ0n) is 13.8. The van der Waals surface area contributed by atoms with E-state index < -0.39 is 6.10 Å². The average Bonchev–Trinajstić information content (AvgIpc) is 3.11. The van der Waals surface area contributed by atoms with E-state index in [1.54, 1.807) is 17.8 Å². The van der Waals surface area contributed by atoms with Crippen molar-refractivity contribution < 1.29 is 9.90 Å². The molecular formula is C17H23N5O2. The topological polar surface area (TPSA) is 92.1 Å². The molecular weight excluding hydrogens is 306 g/mol. The van der Waals surface area contributed by atoms with Crippen LogP contribution in [0.4, 0.5) is 0 Å². The summed E-state index contributed by atoms with van der Waals surface area (Å²) in [7, 11) is 0. The lowest BCUT2D eigenvalue weighted by Crippen LogP contribution is -2.29. The van der Waals surface area contributed by atoms with E-state index in [0.717, 1.165) is 37.1 Å². The quantitative estimate of drug-likeness (QED) is 0.766. The Hall–Kier alpha value is -2.25. The molecule has 3 N–H and O–H groups in total. The predicted molar refractivity (Wildman–Crippen MR) is 89.4 cm³/mol. The summed E-state index contributed by atoms with van der Waals surface area (Å²) in [4.78, 5) is 12.2. The Balaban J connectivity index is 1.56. The second-order valence-electron chi connectivity index (χ2n) is 6.17. The highest BCUT2D eigenvalue weighted by Crippen LogP contribution is 2.17. The first-order chi connectivity index (χ1) is 11.6. The number of hydrogen-bond acceptors (Lipinski definition) is 5. The molecule has 1 aliphatic rings. The standard InChI is InChI=1S/C17H23N5O2/c1-12(23)14-4-2-13(3-5-14)10-19-17(24)16-11-22(21-20-16)15-6-8-18-9-7-15/h2-5,11-12,15,18,23H,6-10H2,1H3,(H,19,24)/t12-/m1/s1. The molecule has 1 fully saturated rings. The lowest BCUT2D eigenvalue weighted by Gasteiger charge is -2.22. The van der Waals surface area contributed by atoms with Crippen molar-refractivity contribution in [3.05, 3.63) is 47.3 Å². The molecule has 24 heavy (non-hydrogen) atoms. The predicted octanol–water partition coefficient (Wildman–Crippen LogP) is 1.19. The first kappa shape index (κ1) is 16.6. The summed E-state index contributed by atoms with van der Waals surface area (Å²) in [5.41, 5.74) is 2.17. The Morgan fingerprint density at radius 1 is 1.38 bits per heavy atom. The fourth-order valence-electron chi connectivity index (χ4n) is 2.82. The van der Waals surface area contributed by atoms with Crippen LogP contribution in [0.1, 0.15) is 53.5 Å². The number of carbonyl (C=O) groups is 1. The number of piperidine rings is 1. The summed E-state index contributed by atoms with van der Waals surface area (Å²) in [6.45, 7) is 4.07. The number of nitrogens with one attached hydrogen (secondary N) is 2. The van der Waals surface area contributed by atoms with Crippen molar-refractivity contribution in [1.29, 1.82) is 0 Å². The minimum absolute atomic E-state index is 0.227. The number of aliphatic hydroxyl groups is 1. The molecule has 0 unspecified atom stereocenters. The van der Waals surface area contributed by atoms with E-state index in [4.69, 9.17) is 0 Å². The van der Waals surface area contributed by atoms with Gasteiger partial charge in [-0.15, -0.1) is 5.10 Å². The summed E-state index contributed by atoms with van der Waals surface area (Å²) in [6, 6.07) is 7.83. The van der Waals surface area contributed by atoms with Gasteiger partial charge in [-0.1, -0.05) is 29.5 Å². The first-order valence-electron chi connectivity index (χ1n) is 8.31. The largest absolute Gasteiger partial charge is 0.389 e. The Morgan fingerprint density at radius 2 is 2.08 bits per heavy atom. The van der Waals surface area contributed by atoms with Crippen LogP contribution < -0.4 is 10.6 Å². The third-order valence-corrected chi connectivity index (χ3v) is 4.34. The smallest absolute Gasteiger partial charge is 0.273 e.